The molecule has 0 unspecified atom stereocenters. The van der Waals surface area contributed by atoms with Crippen molar-refractivity contribution in [3.63, 3.8) is 0 Å². The van der Waals surface area contributed by atoms with E-state index in [2.05, 4.69) is 20.6 Å². The van der Waals surface area contributed by atoms with Crippen LogP contribution in [-0.4, -0.2) is 104 Å². The van der Waals surface area contributed by atoms with Gasteiger partial charge in [-0.1, -0.05) is 39.8 Å². The summed E-state index contributed by atoms with van der Waals surface area (Å²) in [7, 11) is 1.24. The van der Waals surface area contributed by atoms with E-state index in [9.17, 15) is 24.3 Å². The third-order valence-electron chi connectivity index (χ3n) is 14.7. The number of halogens is 4. The molecule has 4 aliphatic rings. The molecule has 70 heavy (non-hydrogen) atoms. The van der Waals surface area contributed by atoms with Gasteiger partial charge in [0.2, 0.25) is 11.8 Å². The van der Waals surface area contributed by atoms with Gasteiger partial charge < -0.3 is 50.0 Å². The van der Waals surface area contributed by atoms with Crippen LogP contribution in [0.4, 0.5) is 38.5 Å². The van der Waals surface area contributed by atoms with E-state index in [1.165, 1.54) is 16.9 Å². The highest BCUT2D eigenvalue weighted by Gasteiger charge is 2.43. The van der Waals surface area contributed by atoms with E-state index in [4.69, 9.17) is 14.7 Å². The molecule has 0 bridgehead atoms. The lowest BCUT2D eigenvalue weighted by atomic mass is 10.0. The van der Waals surface area contributed by atoms with Crippen molar-refractivity contribution in [2.45, 2.75) is 122 Å². The number of ether oxygens (including phenoxy) is 1. The normalized spacial score (nSPS) is 21.6. The molecule has 4 saturated heterocycles. The molecule has 4 amide bonds. The quantitative estimate of drug-likeness (QED) is 0.0595. The van der Waals surface area contributed by atoms with Gasteiger partial charge in [-0.2, -0.15) is 0 Å². The Labute approximate surface area is 402 Å². The maximum absolute atomic E-state index is 16.9. The molecular weight excluding hydrogens is 913 g/mol. The number of hydrogen-bond donors (Lipinski definition) is 5. The van der Waals surface area contributed by atoms with Crippen molar-refractivity contribution in [3.05, 3.63) is 82.4 Å². The van der Waals surface area contributed by atoms with Crippen LogP contribution in [0.2, 0.25) is 0 Å². The first kappa shape index (κ1) is 48.4. The Kier molecular flexibility index (Phi) is 13.6. The van der Waals surface area contributed by atoms with Crippen molar-refractivity contribution in [1.82, 2.24) is 40.4 Å². The van der Waals surface area contributed by atoms with E-state index < -0.39 is 83.1 Å². The number of carbonyl (C=O) groups is 4. The molecule has 5 aromatic rings. The molecule has 6 atom stereocenters. The second-order valence-electron chi connectivity index (χ2n) is 19.7. The molecule has 4 fully saturated rings. The van der Waals surface area contributed by atoms with Crippen molar-refractivity contribution in [2.24, 2.45) is 11.8 Å². The lowest BCUT2D eigenvalue weighted by molar-refractivity contribution is -0.136. The molecular formula is C50H60F4N10O6. The van der Waals surface area contributed by atoms with E-state index in [-0.39, 0.29) is 36.7 Å². The molecule has 4 aliphatic heterocycles. The summed E-state index contributed by atoms with van der Waals surface area (Å²) in [6, 6.07) is 6.52. The first-order chi connectivity index (χ1) is 33.6. The van der Waals surface area contributed by atoms with E-state index >= 15 is 17.6 Å². The first-order valence-corrected chi connectivity index (χ1v) is 24.4. The lowest BCUT2D eigenvalue weighted by Crippen LogP contribution is -2.51. The fourth-order valence-electron chi connectivity index (χ4n) is 11.2. The molecule has 6 heterocycles. The Morgan fingerprint density at radius 1 is 0.629 bits per heavy atom. The van der Waals surface area contributed by atoms with Gasteiger partial charge in [0.1, 0.15) is 35.1 Å². The summed E-state index contributed by atoms with van der Waals surface area (Å²) in [6.07, 6.45) is 3.36. The number of fused-ring (bicyclic) bond motifs is 2. The monoisotopic (exact) mass is 972 g/mol. The van der Waals surface area contributed by atoms with Gasteiger partial charge in [0.05, 0.1) is 53.3 Å². The molecule has 2 aromatic heterocycles. The number of rotatable bonds is 12. The van der Waals surface area contributed by atoms with E-state index in [0.29, 0.717) is 109 Å². The van der Waals surface area contributed by atoms with Gasteiger partial charge in [0.25, 0.3) is 0 Å². The van der Waals surface area contributed by atoms with Crippen LogP contribution in [0.1, 0.15) is 132 Å². The number of nitrogens with zero attached hydrogens (tertiary/aromatic N) is 6. The number of H-pyrrole nitrogens is 2. The number of benzene rings is 3. The number of hydrogen-bond acceptors (Lipinski definition) is 9. The highest BCUT2D eigenvalue weighted by Crippen LogP contribution is 2.51. The number of aromatic amines is 2. The number of anilines is 2. The zero-order chi connectivity index (χ0) is 49.7. The van der Waals surface area contributed by atoms with E-state index in [0.717, 1.165) is 6.42 Å². The minimum Gasteiger partial charge on any atom is -0.465 e. The third kappa shape index (κ3) is 8.93. The number of aromatic nitrogens is 4. The second-order valence-corrected chi connectivity index (χ2v) is 19.7. The number of piperidine rings is 1. The minimum absolute atomic E-state index is 0.227. The molecule has 9 rings (SSSR count). The number of imidazole rings is 2. The summed E-state index contributed by atoms with van der Waals surface area (Å²) in [6.45, 7) is 8.60. The standard InChI is InChI=1S/C50H60F4N10O6/c1-25(2)41(59-49(67)68)47(65)62-21-9-11-35(62)45-55-29-15-13-27(23-31(29)57-45)33-17-18-34(64(33)44-39(53)37(51)43(38(52)40(44)54)61-19-7-6-8-20-61)28-14-16-30-32(24-28)58-46(56-30)36-12-10-22-63(36)48(66)42(26(3)4)60-50(69)70-5/h13-16,23-26,33-36,41-42,59H,6-12,17-22H2,1-5H3,(H,55,57)(H,56,58)(H,60,69)(H,67,68)/t33-,34-,35+,36+,41+,42+/m1/s1. The number of nitrogens with one attached hydrogen (secondary N) is 4. The zero-order valence-electron chi connectivity index (χ0n) is 40.0. The van der Waals surface area contributed by atoms with Crippen molar-refractivity contribution in [1.29, 1.82) is 0 Å². The number of amides is 4. The van der Waals surface area contributed by atoms with Crippen LogP contribution in [0.5, 0.6) is 0 Å². The molecule has 0 spiro atoms. The summed E-state index contributed by atoms with van der Waals surface area (Å²) in [5, 5.41) is 14.5. The van der Waals surface area contributed by atoms with Crippen LogP contribution in [0.3, 0.4) is 0 Å². The smallest absolute Gasteiger partial charge is 0.407 e. The highest BCUT2D eigenvalue weighted by molar-refractivity contribution is 5.87. The molecule has 16 nitrogen and oxygen atoms in total. The first-order valence-electron chi connectivity index (χ1n) is 24.4. The SMILES string of the molecule is COC(=O)N[C@H](C(=O)N1CCC[C@H]1c1nc2ccc([C@H]3CC[C@H](c4ccc5nc([C@@H]6CCCN6C(=O)[C@@H](NC(=O)O)C(C)C)[nH]c5c4)N3c3c(F)c(F)c(N4CCCCC4)c(F)c3F)cc2[nH]1)C(C)C. The Balaban J connectivity index is 1.07. The Morgan fingerprint density at radius 3 is 1.53 bits per heavy atom. The molecule has 0 aliphatic carbocycles. The summed E-state index contributed by atoms with van der Waals surface area (Å²) >= 11 is 0. The summed E-state index contributed by atoms with van der Waals surface area (Å²) < 4.78 is 71.5. The summed E-state index contributed by atoms with van der Waals surface area (Å²) in [5.74, 6) is -5.99. The van der Waals surface area contributed by atoms with E-state index in [1.54, 1.807) is 47.9 Å². The van der Waals surface area contributed by atoms with Gasteiger partial charge in [-0.15, -0.1) is 0 Å². The number of methoxy groups -OCH3 is 1. The molecule has 20 heteroatoms. The molecule has 0 saturated carbocycles. The van der Waals surface area contributed by atoms with Crippen molar-refractivity contribution < 1.29 is 46.6 Å². The van der Waals surface area contributed by atoms with E-state index in [1.807, 2.05) is 26.0 Å². The van der Waals surface area contributed by atoms with Crippen molar-refractivity contribution in [3.8, 4) is 0 Å². The Morgan fingerprint density at radius 2 is 1.09 bits per heavy atom. The lowest BCUT2D eigenvalue weighted by Gasteiger charge is -2.35. The topological polar surface area (TPSA) is 192 Å². The van der Waals surface area contributed by atoms with Crippen LogP contribution in [-0.2, 0) is 14.3 Å². The highest BCUT2D eigenvalue weighted by atomic mass is 19.2. The molecule has 5 N–H and O–H groups in total. The van der Waals surface area contributed by atoms with Gasteiger partial charge in [0.15, 0.2) is 23.3 Å². The maximum atomic E-state index is 16.9. The molecule has 374 valence electrons. The zero-order valence-corrected chi connectivity index (χ0v) is 40.0. The maximum Gasteiger partial charge on any atom is 0.407 e. The number of carbonyl (C=O) groups excluding carboxylic acids is 3. The second kappa shape index (κ2) is 19.7. The van der Waals surface area contributed by atoms with Gasteiger partial charge >= 0.3 is 12.2 Å². The third-order valence-corrected chi connectivity index (χ3v) is 14.7. The van der Waals surface area contributed by atoms with Crippen LogP contribution in [0, 0.1) is 35.1 Å². The van der Waals surface area contributed by atoms with Crippen LogP contribution >= 0.6 is 0 Å². The Hall–Kier alpha value is -6.60. The van der Waals surface area contributed by atoms with Gasteiger partial charge in [-0.05, 0) is 105 Å². The van der Waals surface area contributed by atoms with Crippen molar-refractivity contribution in [2.75, 3.05) is 43.1 Å². The fraction of sp³-hybridized carbons (Fsp3) is 0.520. The summed E-state index contributed by atoms with van der Waals surface area (Å²) in [5.41, 5.74) is 2.00. The number of alkyl carbamates (subject to hydrolysis) is 1. The average Bonchev–Trinajstić information content (AvgIpc) is 4.21. The predicted molar refractivity (Wildman–Crippen MR) is 253 cm³/mol. The average molecular weight is 973 g/mol. The number of likely N-dealkylation sites (tertiary alicyclic amines) is 2. The fourth-order valence-corrected chi connectivity index (χ4v) is 11.2. The largest absolute Gasteiger partial charge is 0.465 e. The molecule has 0 radical (unpaired) electrons. The van der Waals surface area contributed by atoms with Crippen LogP contribution in [0.25, 0.3) is 22.1 Å². The summed E-state index contributed by atoms with van der Waals surface area (Å²) in [4.78, 5) is 74.0. The van der Waals surface area contributed by atoms with Gasteiger partial charge in [-0.25, -0.2) is 37.1 Å². The Bertz CT molecular complexity index is 2780. The minimum atomic E-state index is -1.48. The molecule has 3 aromatic carbocycles. The van der Waals surface area contributed by atoms with Crippen LogP contribution in [0.15, 0.2) is 36.4 Å². The van der Waals surface area contributed by atoms with Crippen LogP contribution < -0.4 is 20.4 Å². The van der Waals surface area contributed by atoms with Crippen molar-refractivity contribution >= 4 is 57.4 Å². The van der Waals surface area contributed by atoms with Gasteiger partial charge in [-0.3, -0.25) is 9.59 Å². The number of carboxylic acid groups (broad SMARTS) is 1. The van der Waals surface area contributed by atoms with Gasteiger partial charge in [0, 0.05) is 26.2 Å². The predicted octanol–water partition coefficient (Wildman–Crippen LogP) is 9.07.